The van der Waals surface area contributed by atoms with Crippen LogP contribution in [0, 0.1) is 5.92 Å². The van der Waals surface area contributed by atoms with Gasteiger partial charge >= 0.3 is 0 Å². The van der Waals surface area contributed by atoms with Crippen molar-refractivity contribution in [1.82, 2.24) is 10.2 Å². The predicted molar refractivity (Wildman–Crippen MR) is 158 cm³/mol. The molecule has 0 aliphatic heterocycles. The zero-order valence-electron chi connectivity index (χ0n) is 23.6. The molecule has 0 aromatic heterocycles. The van der Waals surface area contributed by atoms with Crippen LogP contribution in [0.4, 0.5) is 5.69 Å². The molecule has 9 heteroatoms. The third kappa shape index (κ3) is 8.08. The summed E-state index contributed by atoms with van der Waals surface area (Å²) in [5.41, 5.74) is 1.33. The Kier molecular flexibility index (Phi) is 11.1. The number of rotatable bonds is 14. The van der Waals surface area contributed by atoms with Crippen LogP contribution in [0.25, 0.3) is 0 Å². The lowest BCUT2D eigenvalue weighted by atomic mass is 10.1. The number of hydrogen-bond donors (Lipinski definition) is 1. The average molecular weight is 566 g/mol. The van der Waals surface area contributed by atoms with Crippen molar-refractivity contribution in [3.63, 3.8) is 0 Å². The molecule has 1 N–H and O–H groups in total. The quantitative estimate of drug-likeness (QED) is 0.310. The zero-order valence-corrected chi connectivity index (χ0v) is 24.4. The van der Waals surface area contributed by atoms with Gasteiger partial charge in [-0.15, -0.1) is 0 Å². The molecule has 1 atom stereocenters. The van der Waals surface area contributed by atoms with Gasteiger partial charge in [-0.2, -0.15) is 0 Å². The van der Waals surface area contributed by atoms with Crippen LogP contribution in [0.15, 0.2) is 89.8 Å². The van der Waals surface area contributed by atoms with Gasteiger partial charge in [-0.05, 0) is 60.7 Å². The number of benzene rings is 3. The molecule has 0 bridgehead atoms. The Hall–Kier alpha value is -3.85. The van der Waals surface area contributed by atoms with Crippen molar-refractivity contribution < 1.29 is 22.7 Å². The first-order valence-electron chi connectivity index (χ1n) is 13.5. The number of nitrogens with zero attached hydrogens (tertiary/aromatic N) is 2. The fourth-order valence-electron chi connectivity index (χ4n) is 4.32. The Morgan fingerprint density at radius 2 is 1.50 bits per heavy atom. The number of anilines is 1. The van der Waals surface area contributed by atoms with E-state index in [0.717, 1.165) is 9.87 Å². The highest BCUT2D eigenvalue weighted by molar-refractivity contribution is 7.92. The van der Waals surface area contributed by atoms with Crippen LogP contribution < -0.4 is 14.4 Å². The minimum Gasteiger partial charge on any atom is -0.497 e. The minimum absolute atomic E-state index is 0.0659. The van der Waals surface area contributed by atoms with Gasteiger partial charge in [0, 0.05) is 13.1 Å². The van der Waals surface area contributed by atoms with Gasteiger partial charge in [0.25, 0.3) is 10.0 Å². The second-order valence-electron chi connectivity index (χ2n) is 9.91. The van der Waals surface area contributed by atoms with Crippen LogP contribution in [0.3, 0.4) is 0 Å². The molecule has 0 saturated carbocycles. The Morgan fingerprint density at radius 1 is 0.900 bits per heavy atom. The van der Waals surface area contributed by atoms with Crippen LogP contribution in [0.5, 0.6) is 5.75 Å². The third-order valence-electron chi connectivity index (χ3n) is 6.53. The molecule has 40 heavy (non-hydrogen) atoms. The summed E-state index contributed by atoms with van der Waals surface area (Å²) >= 11 is 0. The Labute approximate surface area is 238 Å². The van der Waals surface area contributed by atoms with Gasteiger partial charge in [0.2, 0.25) is 11.8 Å². The Bertz CT molecular complexity index is 1330. The average Bonchev–Trinajstić information content (AvgIpc) is 2.97. The lowest BCUT2D eigenvalue weighted by Gasteiger charge is -2.33. The Balaban J connectivity index is 1.98. The van der Waals surface area contributed by atoms with Crippen molar-refractivity contribution in [3.8, 4) is 5.75 Å². The number of carbonyl (C=O) groups excluding carboxylic acids is 2. The van der Waals surface area contributed by atoms with E-state index in [-0.39, 0.29) is 23.3 Å². The van der Waals surface area contributed by atoms with E-state index in [1.165, 1.54) is 24.1 Å². The molecule has 3 rings (SSSR count). The Morgan fingerprint density at radius 3 is 2.05 bits per heavy atom. The fraction of sp³-hybridized carbons (Fsp3) is 0.355. The van der Waals surface area contributed by atoms with Crippen molar-refractivity contribution in [1.29, 1.82) is 0 Å². The number of amides is 2. The summed E-state index contributed by atoms with van der Waals surface area (Å²) in [6.45, 7) is 6.13. The highest BCUT2D eigenvalue weighted by Crippen LogP contribution is 2.26. The van der Waals surface area contributed by atoms with Gasteiger partial charge in [-0.1, -0.05) is 69.3 Å². The normalized spacial score (nSPS) is 12.0. The highest BCUT2D eigenvalue weighted by atomic mass is 32.2. The van der Waals surface area contributed by atoms with Crippen LogP contribution in [0.2, 0.25) is 0 Å². The summed E-state index contributed by atoms with van der Waals surface area (Å²) in [6, 6.07) is 23.5. The topological polar surface area (TPSA) is 96.0 Å². The summed E-state index contributed by atoms with van der Waals surface area (Å²) in [4.78, 5) is 28.8. The summed E-state index contributed by atoms with van der Waals surface area (Å²) in [6.07, 6.45) is 0.910. The number of hydrogen-bond acceptors (Lipinski definition) is 5. The molecule has 0 aliphatic rings. The maximum Gasteiger partial charge on any atom is 0.264 e. The first kappa shape index (κ1) is 30.7. The van der Waals surface area contributed by atoms with Gasteiger partial charge in [0.05, 0.1) is 17.7 Å². The molecule has 0 aliphatic carbocycles. The number of methoxy groups -OCH3 is 1. The minimum atomic E-state index is -4.10. The van der Waals surface area contributed by atoms with Crippen LogP contribution in [0.1, 0.15) is 32.8 Å². The number of nitrogens with one attached hydrogen (secondary N) is 1. The van der Waals surface area contributed by atoms with E-state index in [9.17, 15) is 18.0 Å². The molecule has 2 amide bonds. The van der Waals surface area contributed by atoms with Crippen LogP contribution >= 0.6 is 0 Å². The van der Waals surface area contributed by atoms with Gasteiger partial charge in [0.15, 0.2) is 0 Å². The SMILES string of the molecule is CC[C@@H](C(=O)NCC(C)C)N(CCc1ccccc1)C(=O)CN(c1ccc(OC)cc1)S(=O)(=O)c1ccccc1. The van der Waals surface area contributed by atoms with E-state index in [0.29, 0.717) is 30.8 Å². The van der Waals surface area contributed by atoms with E-state index < -0.39 is 28.5 Å². The molecule has 0 fully saturated rings. The van der Waals surface area contributed by atoms with Crippen molar-refractivity contribution in [2.45, 2.75) is 44.6 Å². The van der Waals surface area contributed by atoms with E-state index >= 15 is 0 Å². The van der Waals surface area contributed by atoms with E-state index in [1.807, 2.05) is 51.1 Å². The van der Waals surface area contributed by atoms with Crippen molar-refractivity contribution >= 4 is 27.5 Å². The van der Waals surface area contributed by atoms with Gasteiger partial charge < -0.3 is 15.0 Å². The molecule has 0 saturated heterocycles. The molecule has 3 aromatic carbocycles. The summed E-state index contributed by atoms with van der Waals surface area (Å²) < 4.78 is 34.0. The molecule has 3 aromatic rings. The lowest BCUT2D eigenvalue weighted by molar-refractivity contribution is -0.139. The molecule has 0 radical (unpaired) electrons. The summed E-state index contributed by atoms with van der Waals surface area (Å²) in [5.74, 6) is 0.0957. The van der Waals surface area contributed by atoms with E-state index in [4.69, 9.17) is 4.74 Å². The van der Waals surface area contributed by atoms with E-state index in [1.54, 1.807) is 42.5 Å². The monoisotopic (exact) mass is 565 g/mol. The molecule has 214 valence electrons. The molecular formula is C31H39N3O5S. The largest absolute Gasteiger partial charge is 0.497 e. The molecule has 8 nitrogen and oxygen atoms in total. The predicted octanol–water partition coefficient (Wildman–Crippen LogP) is 4.51. The number of ether oxygens (including phenoxy) is 1. The van der Waals surface area contributed by atoms with Crippen molar-refractivity contribution in [2.24, 2.45) is 5.92 Å². The van der Waals surface area contributed by atoms with Gasteiger partial charge in [-0.25, -0.2) is 8.42 Å². The first-order chi connectivity index (χ1) is 19.2. The first-order valence-corrected chi connectivity index (χ1v) is 14.9. The summed E-state index contributed by atoms with van der Waals surface area (Å²) in [5, 5.41) is 2.94. The molecular weight excluding hydrogens is 526 g/mol. The van der Waals surface area contributed by atoms with Crippen molar-refractivity contribution in [2.75, 3.05) is 31.0 Å². The third-order valence-corrected chi connectivity index (χ3v) is 8.31. The van der Waals surface area contributed by atoms with Gasteiger partial charge in [-0.3, -0.25) is 13.9 Å². The van der Waals surface area contributed by atoms with E-state index in [2.05, 4.69) is 5.32 Å². The summed E-state index contributed by atoms with van der Waals surface area (Å²) in [7, 11) is -2.57. The fourth-order valence-corrected chi connectivity index (χ4v) is 5.75. The maximum atomic E-state index is 14.0. The van der Waals surface area contributed by atoms with Crippen LogP contribution in [-0.4, -0.2) is 57.9 Å². The van der Waals surface area contributed by atoms with Gasteiger partial charge in [0.1, 0.15) is 18.3 Å². The standard InChI is InChI=1S/C31H39N3O5S/c1-5-29(31(36)32-22-24(2)3)33(21-20-25-12-8-6-9-13-25)30(35)23-34(26-16-18-27(39-4)19-17-26)40(37,38)28-14-10-7-11-15-28/h6-19,24,29H,5,20-23H2,1-4H3,(H,32,36)/t29-/m0/s1. The number of carbonyl (C=O) groups is 2. The molecule has 0 spiro atoms. The van der Waals surface area contributed by atoms with Crippen LogP contribution in [-0.2, 0) is 26.0 Å². The second-order valence-corrected chi connectivity index (χ2v) is 11.8. The lowest BCUT2D eigenvalue weighted by Crippen LogP contribution is -2.53. The smallest absolute Gasteiger partial charge is 0.264 e. The highest BCUT2D eigenvalue weighted by Gasteiger charge is 2.33. The van der Waals surface area contributed by atoms with Crippen molar-refractivity contribution in [3.05, 3.63) is 90.5 Å². The molecule has 0 unspecified atom stereocenters. The maximum absolute atomic E-state index is 14.0. The number of sulfonamides is 1. The molecule has 0 heterocycles. The zero-order chi connectivity index (χ0) is 29.1. The second kappa shape index (κ2) is 14.5.